The van der Waals surface area contributed by atoms with E-state index in [9.17, 15) is 0 Å². The van der Waals surface area contributed by atoms with E-state index in [0.717, 1.165) is 23.4 Å². The van der Waals surface area contributed by atoms with Gasteiger partial charge in [-0.1, -0.05) is 30.7 Å². The summed E-state index contributed by atoms with van der Waals surface area (Å²) in [5, 5.41) is 0.748. The quantitative estimate of drug-likeness (QED) is 0.592. The Morgan fingerprint density at radius 3 is 2.67 bits per heavy atom. The van der Waals surface area contributed by atoms with Crippen molar-refractivity contribution in [2.45, 2.75) is 45.3 Å². The van der Waals surface area contributed by atoms with Crippen LogP contribution in [-0.4, -0.2) is 18.2 Å². The van der Waals surface area contributed by atoms with E-state index in [-0.39, 0.29) is 11.6 Å². The minimum absolute atomic E-state index is 0.0564. The third kappa shape index (κ3) is 3.95. The van der Waals surface area contributed by atoms with Gasteiger partial charge in [-0.05, 0) is 44.4 Å². The lowest BCUT2D eigenvalue weighted by atomic mass is 9.88. The standard InChI is InChI=1S/C14H23ClN2O/c1-4-14(3,18-5-2)13(17-16)10-11-7-6-8-12(15)9-11/h6-9,13,17H,4-5,10,16H2,1-3H3. The summed E-state index contributed by atoms with van der Waals surface area (Å²) in [6, 6.07) is 7.90. The van der Waals surface area contributed by atoms with Crippen LogP contribution in [0.4, 0.5) is 0 Å². The Kier molecular flexibility index (Phi) is 6.09. The maximum absolute atomic E-state index is 6.00. The number of benzene rings is 1. The molecular weight excluding hydrogens is 248 g/mol. The number of hydrazine groups is 1. The molecule has 0 aromatic heterocycles. The summed E-state index contributed by atoms with van der Waals surface area (Å²) in [6.07, 6.45) is 1.69. The van der Waals surface area contributed by atoms with Crippen molar-refractivity contribution >= 4 is 11.6 Å². The Hall–Kier alpha value is -0.610. The van der Waals surface area contributed by atoms with Gasteiger partial charge in [0, 0.05) is 11.6 Å². The molecule has 0 aliphatic heterocycles. The Labute approximate surface area is 115 Å². The summed E-state index contributed by atoms with van der Waals surface area (Å²) in [5.74, 6) is 5.69. The van der Waals surface area contributed by atoms with Crippen molar-refractivity contribution in [3.8, 4) is 0 Å². The van der Waals surface area contributed by atoms with Gasteiger partial charge in [-0.3, -0.25) is 11.3 Å². The van der Waals surface area contributed by atoms with Crippen molar-refractivity contribution in [1.82, 2.24) is 5.43 Å². The molecule has 0 aliphatic rings. The van der Waals surface area contributed by atoms with E-state index in [0.29, 0.717) is 6.61 Å². The molecule has 4 heteroatoms. The lowest BCUT2D eigenvalue weighted by molar-refractivity contribution is -0.0550. The highest BCUT2D eigenvalue weighted by Crippen LogP contribution is 2.23. The van der Waals surface area contributed by atoms with Crippen LogP contribution in [0.15, 0.2) is 24.3 Å². The minimum atomic E-state index is -0.272. The zero-order valence-electron chi connectivity index (χ0n) is 11.4. The summed E-state index contributed by atoms with van der Waals surface area (Å²) in [6.45, 7) is 6.88. The first-order chi connectivity index (χ1) is 8.55. The van der Waals surface area contributed by atoms with Crippen molar-refractivity contribution in [1.29, 1.82) is 0 Å². The van der Waals surface area contributed by atoms with Crippen molar-refractivity contribution in [3.05, 3.63) is 34.9 Å². The van der Waals surface area contributed by atoms with Crippen LogP contribution in [0.3, 0.4) is 0 Å². The van der Waals surface area contributed by atoms with Gasteiger partial charge in [0.1, 0.15) is 0 Å². The van der Waals surface area contributed by atoms with Crippen LogP contribution in [0.5, 0.6) is 0 Å². The van der Waals surface area contributed by atoms with Crippen LogP contribution in [0.1, 0.15) is 32.8 Å². The fraction of sp³-hybridized carbons (Fsp3) is 0.571. The molecule has 18 heavy (non-hydrogen) atoms. The smallest absolute Gasteiger partial charge is 0.0820 e. The van der Waals surface area contributed by atoms with Crippen LogP contribution in [0.2, 0.25) is 5.02 Å². The lowest BCUT2D eigenvalue weighted by Gasteiger charge is -2.36. The first-order valence-electron chi connectivity index (χ1n) is 6.40. The number of nitrogens with two attached hydrogens (primary N) is 1. The van der Waals surface area contributed by atoms with Crippen LogP contribution in [0, 0.1) is 0 Å². The van der Waals surface area contributed by atoms with E-state index < -0.39 is 0 Å². The minimum Gasteiger partial charge on any atom is -0.374 e. The predicted octanol–water partition coefficient (Wildman–Crippen LogP) is 2.92. The van der Waals surface area contributed by atoms with E-state index in [1.54, 1.807) is 0 Å². The van der Waals surface area contributed by atoms with Crippen molar-refractivity contribution in [2.75, 3.05) is 6.61 Å². The molecule has 0 aliphatic carbocycles. The molecule has 0 bridgehead atoms. The molecular formula is C14H23ClN2O. The molecule has 2 atom stereocenters. The summed E-state index contributed by atoms with van der Waals surface area (Å²) in [7, 11) is 0. The summed E-state index contributed by atoms with van der Waals surface area (Å²) < 4.78 is 5.86. The van der Waals surface area contributed by atoms with Gasteiger partial charge in [-0.2, -0.15) is 0 Å². The van der Waals surface area contributed by atoms with Gasteiger partial charge in [-0.25, -0.2) is 0 Å². The van der Waals surface area contributed by atoms with Gasteiger partial charge in [-0.15, -0.1) is 0 Å². The SMILES string of the molecule is CCOC(C)(CC)C(Cc1cccc(Cl)c1)NN. The topological polar surface area (TPSA) is 47.3 Å². The molecule has 3 N–H and O–H groups in total. The molecule has 0 heterocycles. The van der Waals surface area contributed by atoms with Gasteiger partial charge < -0.3 is 4.74 Å². The summed E-state index contributed by atoms with van der Waals surface area (Å²) in [4.78, 5) is 0. The number of ether oxygens (including phenoxy) is 1. The van der Waals surface area contributed by atoms with Crippen molar-refractivity contribution < 1.29 is 4.74 Å². The van der Waals surface area contributed by atoms with Crippen LogP contribution in [0.25, 0.3) is 0 Å². The maximum Gasteiger partial charge on any atom is 0.0820 e. The van der Waals surface area contributed by atoms with Gasteiger partial charge >= 0.3 is 0 Å². The highest BCUT2D eigenvalue weighted by atomic mass is 35.5. The second-order valence-corrected chi connectivity index (χ2v) is 5.09. The van der Waals surface area contributed by atoms with Gasteiger partial charge in [0.05, 0.1) is 11.6 Å². The summed E-state index contributed by atoms with van der Waals surface area (Å²) in [5.41, 5.74) is 3.76. The second-order valence-electron chi connectivity index (χ2n) is 4.65. The first-order valence-corrected chi connectivity index (χ1v) is 6.78. The highest BCUT2D eigenvalue weighted by molar-refractivity contribution is 6.30. The largest absolute Gasteiger partial charge is 0.374 e. The zero-order chi connectivity index (χ0) is 13.6. The molecule has 0 saturated heterocycles. The van der Waals surface area contributed by atoms with Crippen LogP contribution < -0.4 is 11.3 Å². The molecule has 0 saturated carbocycles. The molecule has 1 rings (SSSR count). The zero-order valence-corrected chi connectivity index (χ0v) is 12.1. The number of rotatable bonds is 7. The number of hydrogen-bond donors (Lipinski definition) is 2. The Bertz CT molecular complexity index is 373. The molecule has 0 fully saturated rings. The Morgan fingerprint density at radius 2 is 2.17 bits per heavy atom. The van der Waals surface area contributed by atoms with Crippen LogP contribution in [-0.2, 0) is 11.2 Å². The average Bonchev–Trinajstić information content (AvgIpc) is 2.36. The molecule has 1 aromatic rings. The van der Waals surface area contributed by atoms with E-state index in [1.165, 1.54) is 0 Å². The molecule has 102 valence electrons. The van der Waals surface area contributed by atoms with Gasteiger partial charge in [0.25, 0.3) is 0 Å². The lowest BCUT2D eigenvalue weighted by Crippen LogP contribution is -2.54. The normalized spacial score (nSPS) is 16.3. The average molecular weight is 271 g/mol. The Balaban J connectivity index is 2.83. The van der Waals surface area contributed by atoms with E-state index in [2.05, 4.69) is 25.3 Å². The van der Waals surface area contributed by atoms with E-state index in [4.69, 9.17) is 22.2 Å². The van der Waals surface area contributed by atoms with Crippen molar-refractivity contribution in [3.63, 3.8) is 0 Å². The molecule has 3 nitrogen and oxygen atoms in total. The summed E-state index contributed by atoms with van der Waals surface area (Å²) >= 11 is 6.00. The van der Waals surface area contributed by atoms with Gasteiger partial charge in [0.15, 0.2) is 0 Å². The monoisotopic (exact) mass is 270 g/mol. The molecule has 0 amide bonds. The van der Waals surface area contributed by atoms with E-state index >= 15 is 0 Å². The highest BCUT2D eigenvalue weighted by Gasteiger charge is 2.32. The number of nitrogens with one attached hydrogen (secondary N) is 1. The fourth-order valence-corrected chi connectivity index (χ4v) is 2.34. The predicted molar refractivity (Wildman–Crippen MR) is 76.6 cm³/mol. The number of halogens is 1. The van der Waals surface area contributed by atoms with Crippen LogP contribution >= 0.6 is 11.6 Å². The molecule has 2 unspecified atom stereocenters. The van der Waals surface area contributed by atoms with E-state index in [1.807, 2.05) is 25.1 Å². The van der Waals surface area contributed by atoms with Gasteiger partial charge in [0.2, 0.25) is 0 Å². The number of hydrogen-bond acceptors (Lipinski definition) is 3. The maximum atomic E-state index is 6.00. The molecule has 0 spiro atoms. The second kappa shape index (κ2) is 7.10. The fourth-order valence-electron chi connectivity index (χ4n) is 2.13. The molecule has 1 aromatic carbocycles. The Morgan fingerprint density at radius 1 is 1.44 bits per heavy atom. The first kappa shape index (κ1) is 15.4. The van der Waals surface area contributed by atoms with Crippen molar-refractivity contribution in [2.24, 2.45) is 5.84 Å². The third-order valence-corrected chi connectivity index (χ3v) is 3.68. The third-order valence-electron chi connectivity index (χ3n) is 3.44. The molecule has 0 radical (unpaired) electrons.